The van der Waals surface area contributed by atoms with Gasteiger partial charge in [-0.3, -0.25) is 4.79 Å². The van der Waals surface area contributed by atoms with Crippen LogP contribution in [0.1, 0.15) is 51.5 Å². The van der Waals surface area contributed by atoms with E-state index in [4.69, 9.17) is 0 Å². The van der Waals surface area contributed by atoms with Crippen LogP contribution in [0.3, 0.4) is 0 Å². The lowest BCUT2D eigenvalue weighted by molar-refractivity contribution is -0.389. The number of imidazole rings is 1. The first-order valence-corrected chi connectivity index (χ1v) is 6.83. The van der Waals surface area contributed by atoms with Gasteiger partial charge in [-0.25, -0.2) is 0 Å². The molecule has 1 aromatic rings. The van der Waals surface area contributed by atoms with Gasteiger partial charge < -0.3 is 19.4 Å². The molecule has 0 N–H and O–H groups in total. The number of nitro groups is 1. The normalized spacial score (nSPS) is 12.1. The summed E-state index contributed by atoms with van der Waals surface area (Å²) in [7, 11) is 1.34. The van der Waals surface area contributed by atoms with Crippen molar-refractivity contribution < 1.29 is 14.5 Å². The summed E-state index contributed by atoms with van der Waals surface area (Å²) >= 11 is 0. The van der Waals surface area contributed by atoms with E-state index in [9.17, 15) is 14.9 Å². The molecule has 0 bridgehead atoms. The molecule has 0 aliphatic heterocycles. The van der Waals surface area contributed by atoms with E-state index < -0.39 is 4.92 Å². The maximum absolute atomic E-state index is 11.4. The number of rotatable bonds is 9. The Bertz CT molecular complexity index is 445. The van der Waals surface area contributed by atoms with Crippen molar-refractivity contribution in [1.29, 1.82) is 0 Å². The summed E-state index contributed by atoms with van der Waals surface area (Å²) in [6, 6.07) is -0.138. The highest BCUT2D eigenvalue weighted by atomic mass is 16.6. The third-order valence-electron chi connectivity index (χ3n) is 3.22. The van der Waals surface area contributed by atoms with Gasteiger partial charge >= 0.3 is 11.8 Å². The molecule has 1 atom stereocenters. The molecule has 0 saturated heterocycles. The van der Waals surface area contributed by atoms with Gasteiger partial charge in [0, 0.05) is 6.04 Å². The van der Waals surface area contributed by atoms with Gasteiger partial charge in [0.25, 0.3) is 0 Å². The summed E-state index contributed by atoms with van der Waals surface area (Å²) in [4.78, 5) is 25.3. The summed E-state index contributed by atoms with van der Waals surface area (Å²) in [6.45, 7) is 2.13. The molecule has 112 valence electrons. The van der Waals surface area contributed by atoms with Gasteiger partial charge in [-0.2, -0.15) is 0 Å². The monoisotopic (exact) mass is 283 g/mol. The van der Waals surface area contributed by atoms with Crippen molar-refractivity contribution in [3.05, 3.63) is 22.6 Å². The number of aromatic nitrogens is 2. The molecule has 7 nitrogen and oxygen atoms in total. The number of hydrogen-bond acceptors (Lipinski definition) is 5. The number of nitrogens with zero attached hydrogens (tertiary/aromatic N) is 3. The van der Waals surface area contributed by atoms with Crippen molar-refractivity contribution in [2.24, 2.45) is 0 Å². The molecule has 0 saturated carbocycles. The first-order valence-electron chi connectivity index (χ1n) is 6.83. The van der Waals surface area contributed by atoms with E-state index >= 15 is 0 Å². The number of unbranched alkanes of at least 4 members (excludes halogenated alkanes) is 3. The molecule has 0 aliphatic rings. The number of methoxy groups -OCH3 is 1. The van der Waals surface area contributed by atoms with Crippen molar-refractivity contribution >= 4 is 11.8 Å². The Morgan fingerprint density at radius 3 is 2.80 bits per heavy atom. The van der Waals surface area contributed by atoms with Crippen LogP contribution in [0.25, 0.3) is 0 Å². The molecule has 7 heteroatoms. The van der Waals surface area contributed by atoms with Crippen molar-refractivity contribution in [1.82, 2.24) is 9.55 Å². The van der Waals surface area contributed by atoms with Gasteiger partial charge in [-0.05, 0) is 16.3 Å². The van der Waals surface area contributed by atoms with Gasteiger partial charge in [0.1, 0.15) is 6.20 Å². The van der Waals surface area contributed by atoms with E-state index in [0.29, 0.717) is 0 Å². The highest BCUT2D eigenvalue weighted by Gasteiger charge is 2.20. The lowest BCUT2D eigenvalue weighted by atomic mass is 10.0. The van der Waals surface area contributed by atoms with E-state index in [1.54, 1.807) is 4.57 Å². The third-order valence-corrected chi connectivity index (χ3v) is 3.22. The lowest BCUT2D eigenvalue weighted by Gasteiger charge is -2.15. The summed E-state index contributed by atoms with van der Waals surface area (Å²) < 4.78 is 6.32. The molecule has 0 fully saturated rings. The summed E-state index contributed by atoms with van der Waals surface area (Å²) in [5.74, 6) is -0.518. The zero-order valence-electron chi connectivity index (χ0n) is 11.9. The van der Waals surface area contributed by atoms with Crippen molar-refractivity contribution in [2.45, 2.75) is 51.5 Å². The predicted molar refractivity (Wildman–Crippen MR) is 73.3 cm³/mol. The minimum absolute atomic E-state index is 0.138. The average molecular weight is 283 g/mol. The highest BCUT2D eigenvalue weighted by Crippen LogP contribution is 2.22. The second-order valence-corrected chi connectivity index (χ2v) is 4.72. The number of carbonyl (C=O) groups excluding carboxylic acids is 1. The molecule has 1 heterocycles. The maximum atomic E-state index is 11.4. The predicted octanol–water partition coefficient (Wildman–Crippen LogP) is 2.87. The molecule has 1 rings (SSSR count). The Labute approximate surface area is 118 Å². The fourth-order valence-electron chi connectivity index (χ4n) is 2.06. The molecule has 0 aliphatic carbocycles. The van der Waals surface area contributed by atoms with Gasteiger partial charge in [-0.15, -0.1) is 0 Å². The molecule has 0 spiro atoms. The number of hydrogen-bond donors (Lipinski definition) is 0. The zero-order chi connectivity index (χ0) is 15.0. The number of esters is 1. The van der Waals surface area contributed by atoms with Crippen LogP contribution >= 0.6 is 0 Å². The Kier molecular flexibility index (Phi) is 6.69. The zero-order valence-corrected chi connectivity index (χ0v) is 11.9. The molecule has 0 amide bonds. The molecule has 20 heavy (non-hydrogen) atoms. The van der Waals surface area contributed by atoms with Crippen LogP contribution in [0.4, 0.5) is 5.82 Å². The molecular weight excluding hydrogens is 262 g/mol. The van der Waals surface area contributed by atoms with Gasteiger partial charge in [0.15, 0.2) is 0 Å². The Balaban J connectivity index is 2.69. The van der Waals surface area contributed by atoms with Crippen LogP contribution in [-0.4, -0.2) is 27.6 Å². The average Bonchev–Trinajstić information content (AvgIpc) is 2.91. The SMILES string of the molecule is CCCCCCC(CC(=O)OC)n1cnc([N+](=O)[O-])c1. The van der Waals surface area contributed by atoms with E-state index in [-0.39, 0.29) is 24.2 Å². The second kappa shape index (κ2) is 8.29. The van der Waals surface area contributed by atoms with Crippen LogP contribution in [0, 0.1) is 10.1 Å². The third kappa shape index (κ3) is 4.99. The molecule has 1 unspecified atom stereocenters. The highest BCUT2D eigenvalue weighted by molar-refractivity contribution is 5.69. The van der Waals surface area contributed by atoms with Gasteiger partial charge in [-0.1, -0.05) is 32.6 Å². The van der Waals surface area contributed by atoms with Crippen LogP contribution in [0.15, 0.2) is 12.5 Å². The van der Waals surface area contributed by atoms with E-state index in [1.165, 1.54) is 19.6 Å². The van der Waals surface area contributed by atoms with E-state index in [1.807, 2.05) is 0 Å². The topological polar surface area (TPSA) is 87.3 Å². The van der Waals surface area contributed by atoms with Crippen molar-refractivity contribution in [3.8, 4) is 0 Å². The molecule has 1 aromatic heterocycles. The van der Waals surface area contributed by atoms with Crippen molar-refractivity contribution in [2.75, 3.05) is 7.11 Å². The Morgan fingerprint density at radius 2 is 2.25 bits per heavy atom. The van der Waals surface area contributed by atoms with E-state index in [0.717, 1.165) is 32.1 Å². The first-order chi connectivity index (χ1) is 9.58. The molecular formula is C13H21N3O4. The van der Waals surface area contributed by atoms with Gasteiger partial charge in [0.2, 0.25) is 6.33 Å². The standard InChI is InChI=1S/C13H21N3O4/c1-3-4-5-6-7-11(8-13(17)20-2)15-9-12(14-10-15)16(18)19/h9-11H,3-8H2,1-2H3. The Morgan fingerprint density at radius 1 is 1.50 bits per heavy atom. The largest absolute Gasteiger partial charge is 0.469 e. The lowest BCUT2D eigenvalue weighted by Crippen LogP contribution is -2.14. The quantitative estimate of drug-likeness (QED) is 0.301. The molecule has 0 radical (unpaired) electrons. The van der Waals surface area contributed by atoms with Crippen molar-refractivity contribution in [3.63, 3.8) is 0 Å². The fourth-order valence-corrected chi connectivity index (χ4v) is 2.06. The second-order valence-electron chi connectivity index (χ2n) is 4.72. The number of ether oxygens (including phenoxy) is 1. The number of carbonyl (C=O) groups is 1. The Hall–Kier alpha value is -1.92. The minimum Gasteiger partial charge on any atom is -0.469 e. The maximum Gasteiger partial charge on any atom is 0.381 e. The fraction of sp³-hybridized carbons (Fsp3) is 0.692. The van der Waals surface area contributed by atoms with Crippen LogP contribution in [0.5, 0.6) is 0 Å². The summed E-state index contributed by atoms with van der Waals surface area (Å²) in [5.41, 5.74) is 0. The minimum atomic E-state index is -0.539. The van der Waals surface area contributed by atoms with Crippen LogP contribution in [0.2, 0.25) is 0 Å². The van der Waals surface area contributed by atoms with E-state index in [2.05, 4.69) is 16.6 Å². The smallest absolute Gasteiger partial charge is 0.381 e. The molecule has 0 aromatic carbocycles. The summed E-state index contributed by atoms with van der Waals surface area (Å²) in [5, 5.41) is 10.7. The first kappa shape index (κ1) is 16.1. The van der Waals surface area contributed by atoms with Crippen LogP contribution < -0.4 is 0 Å². The van der Waals surface area contributed by atoms with Gasteiger partial charge in [0.05, 0.1) is 13.5 Å². The van der Waals surface area contributed by atoms with Crippen LogP contribution in [-0.2, 0) is 9.53 Å². The summed E-state index contributed by atoms with van der Waals surface area (Å²) in [6.07, 6.45) is 8.11.